The van der Waals surface area contributed by atoms with E-state index in [-0.39, 0.29) is 17.4 Å². The fraction of sp³-hybridized carbons (Fsp3) is 0.636. The highest BCUT2D eigenvalue weighted by Crippen LogP contribution is 2.24. The summed E-state index contributed by atoms with van der Waals surface area (Å²) in [6.07, 6.45) is 4.58. The Labute approximate surface area is 189 Å². The first kappa shape index (κ1) is 23.1. The molecule has 176 valence electrons. The van der Waals surface area contributed by atoms with E-state index in [1.54, 1.807) is 4.90 Å². The zero-order valence-electron chi connectivity index (χ0n) is 18.3. The maximum Gasteiger partial charge on any atom is 0.253 e. The molecule has 8 nitrogen and oxygen atoms in total. The van der Waals surface area contributed by atoms with Crippen molar-refractivity contribution in [3.05, 3.63) is 29.6 Å². The molecule has 0 bridgehead atoms. The number of halogens is 1. The second-order valence-electron chi connectivity index (χ2n) is 8.77. The van der Waals surface area contributed by atoms with Crippen molar-refractivity contribution in [1.82, 2.24) is 19.0 Å². The Hall–Kier alpha value is -2.04. The molecular weight excluding hydrogens is 435 g/mol. The minimum atomic E-state index is -3.97. The lowest BCUT2D eigenvalue weighted by Gasteiger charge is -2.35. The molecule has 3 saturated heterocycles. The molecule has 1 aromatic carbocycles. The summed E-state index contributed by atoms with van der Waals surface area (Å²) in [5.41, 5.74) is 0.170. The van der Waals surface area contributed by atoms with Gasteiger partial charge in [-0.25, -0.2) is 12.8 Å². The SMILES string of the molecule is O=C(CN1CCN(C(=O)c2ccc(F)c(S(=O)(=O)N3CCCCC3)c2)CC1)N1CCCC1. The molecule has 0 unspecified atom stereocenters. The summed E-state index contributed by atoms with van der Waals surface area (Å²) in [6.45, 7) is 4.79. The summed E-state index contributed by atoms with van der Waals surface area (Å²) in [5.74, 6) is -1.02. The number of carbonyl (C=O) groups excluding carboxylic acids is 2. The van der Waals surface area contributed by atoms with E-state index in [1.165, 1.54) is 16.4 Å². The van der Waals surface area contributed by atoms with Crippen LogP contribution in [0.5, 0.6) is 0 Å². The number of hydrogen-bond donors (Lipinski definition) is 0. The van der Waals surface area contributed by atoms with Crippen molar-refractivity contribution in [2.24, 2.45) is 0 Å². The van der Waals surface area contributed by atoms with Gasteiger partial charge >= 0.3 is 0 Å². The largest absolute Gasteiger partial charge is 0.342 e. The fourth-order valence-electron chi connectivity index (χ4n) is 4.63. The minimum absolute atomic E-state index is 0.133. The number of rotatable bonds is 5. The number of piperidine rings is 1. The minimum Gasteiger partial charge on any atom is -0.342 e. The standard InChI is InChI=1S/C22H31FN4O4S/c23-19-7-6-18(16-20(19)32(30,31)27-10-2-1-3-11-27)22(29)26-14-12-24(13-15-26)17-21(28)25-8-4-5-9-25/h6-7,16H,1-5,8-15,17H2. The Balaban J connectivity index is 1.39. The first-order chi connectivity index (χ1) is 15.4. The lowest BCUT2D eigenvalue weighted by Crippen LogP contribution is -2.51. The van der Waals surface area contributed by atoms with Gasteiger partial charge in [0.05, 0.1) is 6.54 Å². The van der Waals surface area contributed by atoms with Crippen molar-refractivity contribution in [2.75, 3.05) is 58.9 Å². The van der Waals surface area contributed by atoms with Crippen LogP contribution in [-0.4, -0.2) is 98.1 Å². The van der Waals surface area contributed by atoms with Crippen molar-refractivity contribution < 1.29 is 22.4 Å². The van der Waals surface area contributed by atoms with Gasteiger partial charge in [-0.15, -0.1) is 0 Å². The Morgan fingerprint density at radius 3 is 2.09 bits per heavy atom. The monoisotopic (exact) mass is 466 g/mol. The molecule has 4 rings (SSSR count). The normalized spacial score (nSPS) is 21.2. The molecule has 0 radical (unpaired) electrons. The topological polar surface area (TPSA) is 81.2 Å². The summed E-state index contributed by atoms with van der Waals surface area (Å²) in [6, 6.07) is 3.58. The van der Waals surface area contributed by atoms with E-state index in [9.17, 15) is 22.4 Å². The molecule has 1 aromatic rings. The predicted octanol–water partition coefficient (Wildman–Crippen LogP) is 1.38. The number of nitrogens with zero attached hydrogens (tertiary/aromatic N) is 4. The third kappa shape index (κ3) is 4.97. The molecule has 10 heteroatoms. The average Bonchev–Trinajstić information content (AvgIpc) is 3.35. The Morgan fingerprint density at radius 2 is 1.44 bits per heavy atom. The van der Waals surface area contributed by atoms with Gasteiger partial charge in [0.15, 0.2) is 0 Å². The summed E-state index contributed by atoms with van der Waals surface area (Å²) in [4.78, 5) is 30.5. The maximum atomic E-state index is 14.5. The molecule has 2 amide bonds. The van der Waals surface area contributed by atoms with Crippen LogP contribution in [0.3, 0.4) is 0 Å². The van der Waals surface area contributed by atoms with Crippen LogP contribution in [0.4, 0.5) is 4.39 Å². The van der Waals surface area contributed by atoms with E-state index >= 15 is 0 Å². The number of likely N-dealkylation sites (tertiary alicyclic amines) is 1. The summed E-state index contributed by atoms with van der Waals surface area (Å²) < 4.78 is 41.6. The van der Waals surface area contributed by atoms with Gasteiger partial charge in [0.25, 0.3) is 5.91 Å². The molecule has 3 heterocycles. The van der Waals surface area contributed by atoms with Crippen molar-refractivity contribution in [1.29, 1.82) is 0 Å². The lowest BCUT2D eigenvalue weighted by molar-refractivity contribution is -0.131. The molecule has 0 N–H and O–H groups in total. The molecule has 3 aliphatic heterocycles. The van der Waals surface area contributed by atoms with Crippen molar-refractivity contribution in [3.8, 4) is 0 Å². The van der Waals surface area contributed by atoms with Crippen LogP contribution in [0.1, 0.15) is 42.5 Å². The van der Waals surface area contributed by atoms with Crippen molar-refractivity contribution in [2.45, 2.75) is 37.0 Å². The zero-order valence-corrected chi connectivity index (χ0v) is 19.2. The van der Waals surface area contributed by atoms with Crippen LogP contribution in [0.25, 0.3) is 0 Å². The Kier molecular flexibility index (Phi) is 7.11. The van der Waals surface area contributed by atoms with E-state index in [0.717, 1.165) is 51.3 Å². The third-order valence-corrected chi connectivity index (χ3v) is 8.50. The second kappa shape index (κ2) is 9.84. The van der Waals surface area contributed by atoms with Crippen molar-refractivity contribution in [3.63, 3.8) is 0 Å². The smallest absolute Gasteiger partial charge is 0.253 e. The highest BCUT2D eigenvalue weighted by atomic mass is 32.2. The summed E-state index contributed by atoms with van der Waals surface area (Å²) in [5, 5.41) is 0. The molecule has 0 aliphatic carbocycles. The van der Waals surface area contributed by atoms with Gasteiger partial charge in [-0.1, -0.05) is 6.42 Å². The quantitative estimate of drug-likeness (QED) is 0.655. The first-order valence-corrected chi connectivity index (χ1v) is 12.9. The van der Waals surface area contributed by atoms with Crippen LogP contribution in [0, 0.1) is 5.82 Å². The molecular formula is C22H31FN4O4S. The fourth-order valence-corrected chi connectivity index (χ4v) is 6.24. The Morgan fingerprint density at radius 1 is 0.812 bits per heavy atom. The third-order valence-electron chi connectivity index (χ3n) is 6.59. The summed E-state index contributed by atoms with van der Waals surface area (Å²) >= 11 is 0. The van der Waals surface area contributed by atoms with Gasteiger partial charge in [-0.3, -0.25) is 14.5 Å². The Bertz CT molecular complexity index is 951. The number of piperazine rings is 1. The molecule has 3 aliphatic rings. The van der Waals surface area contributed by atoms with Gasteiger partial charge < -0.3 is 9.80 Å². The molecule has 0 spiro atoms. The van der Waals surface area contributed by atoms with Crippen LogP contribution in [-0.2, 0) is 14.8 Å². The molecule has 0 saturated carbocycles. The number of amides is 2. The highest BCUT2D eigenvalue weighted by molar-refractivity contribution is 7.89. The van der Waals surface area contributed by atoms with Gasteiger partial charge in [0, 0.05) is 57.9 Å². The van der Waals surface area contributed by atoms with Crippen LogP contribution >= 0.6 is 0 Å². The molecule has 3 fully saturated rings. The lowest BCUT2D eigenvalue weighted by atomic mass is 10.1. The summed E-state index contributed by atoms with van der Waals surface area (Å²) in [7, 11) is -3.97. The second-order valence-corrected chi connectivity index (χ2v) is 10.7. The van der Waals surface area contributed by atoms with Crippen molar-refractivity contribution >= 4 is 21.8 Å². The van der Waals surface area contributed by atoms with Gasteiger partial charge in [0.1, 0.15) is 10.7 Å². The van der Waals surface area contributed by atoms with Crippen LogP contribution < -0.4 is 0 Å². The zero-order chi connectivity index (χ0) is 22.7. The first-order valence-electron chi connectivity index (χ1n) is 11.5. The van der Waals surface area contributed by atoms with Gasteiger partial charge in [0.2, 0.25) is 15.9 Å². The van der Waals surface area contributed by atoms with Gasteiger partial charge in [-0.2, -0.15) is 4.31 Å². The molecule has 32 heavy (non-hydrogen) atoms. The predicted molar refractivity (Wildman–Crippen MR) is 117 cm³/mol. The van der Waals surface area contributed by atoms with Gasteiger partial charge in [-0.05, 0) is 43.9 Å². The number of hydrogen-bond acceptors (Lipinski definition) is 5. The average molecular weight is 467 g/mol. The van der Waals surface area contributed by atoms with E-state index in [4.69, 9.17) is 0 Å². The number of carbonyl (C=O) groups is 2. The van der Waals surface area contributed by atoms with E-state index in [2.05, 4.69) is 0 Å². The highest BCUT2D eigenvalue weighted by Gasteiger charge is 2.31. The van der Waals surface area contributed by atoms with E-state index in [0.29, 0.717) is 45.8 Å². The molecule has 0 aromatic heterocycles. The molecule has 0 atom stereocenters. The van der Waals surface area contributed by atoms with E-state index < -0.39 is 20.7 Å². The maximum absolute atomic E-state index is 14.5. The number of sulfonamides is 1. The van der Waals surface area contributed by atoms with E-state index in [1.807, 2.05) is 9.80 Å². The van der Waals surface area contributed by atoms with Crippen LogP contribution in [0.15, 0.2) is 23.1 Å². The van der Waals surface area contributed by atoms with Crippen LogP contribution in [0.2, 0.25) is 0 Å². The number of benzene rings is 1.